The van der Waals surface area contributed by atoms with Crippen molar-refractivity contribution in [1.29, 1.82) is 0 Å². The predicted molar refractivity (Wildman–Crippen MR) is 34.9 cm³/mol. The molecule has 0 aliphatic carbocycles. The van der Waals surface area contributed by atoms with E-state index in [1.807, 2.05) is 0 Å². The zero-order valence-corrected chi connectivity index (χ0v) is 6.23. The number of aliphatic hydroxyl groups excluding tert-OH is 1. The molecule has 0 saturated heterocycles. The first-order valence-electron chi connectivity index (χ1n) is 3.38. The molecule has 0 aliphatic heterocycles. The number of aliphatic hydroxyl groups is 1. The van der Waals surface area contributed by atoms with Crippen molar-refractivity contribution in [3.05, 3.63) is 0 Å². The molecule has 0 rings (SSSR count). The van der Waals surface area contributed by atoms with Gasteiger partial charge in [-0.3, -0.25) is 0 Å². The van der Waals surface area contributed by atoms with Crippen molar-refractivity contribution in [2.45, 2.75) is 25.6 Å². The summed E-state index contributed by atoms with van der Waals surface area (Å²) in [5.74, 6) is -0.880. The van der Waals surface area contributed by atoms with Crippen LogP contribution in [0.4, 0.5) is 13.2 Å². The van der Waals surface area contributed by atoms with Crippen molar-refractivity contribution in [1.82, 2.24) is 0 Å². The molecule has 0 aromatic carbocycles. The summed E-state index contributed by atoms with van der Waals surface area (Å²) in [6, 6.07) is 0. The van der Waals surface area contributed by atoms with Gasteiger partial charge in [0.25, 0.3) is 0 Å². The minimum absolute atomic E-state index is 0.142. The number of hydrogen-bond acceptors (Lipinski definition) is 2. The van der Waals surface area contributed by atoms with E-state index >= 15 is 0 Å². The lowest BCUT2D eigenvalue weighted by atomic mass is 9.99. The highest BCUT2D eigenvalue weighted by Gasteiger charge is 2.42. The average Bonchev–Trinajstić information content (AvgIpc) is 1.88. The van der Waals surface area contributed by atoms with Crippen molar-refractivity contribution in [3.63, 3.8) is 0 Å². The van der Waals surface area contributed by atoms with Crippen LogP contribution in [0.15, 0.2) is 0 Å². The molecule has 0 aromatic rings. The van der Waals surface area contributed by atoms with Crippen LogP contribution < -0.4 is 5.73 Å². The van der Waals surface area contributed by atoms with Crippen LogP contribution in [0, 0.1) is 5.92 Å². The molecule has 2 unspecified atom stereocenters. The number of rotatable bonds is 3. The highest BCUT2D eigenvalue weighted by Crippen LogP contribution is 2.26. The Morgan fingerprint density at radius 1 is 1.45 bits per heavy atom. The maximum Gasteiger partial charge on any atom is 0.414 e. The van der Waals surface area contributed by atoms with E-state index in [2.05, 4.69) is 0 Å². The molecule has 0 radical (unpaired) electrons. The summed E-state index contributed by atoms with van der Waals surface area (Å²) >= 11 is 0. The van der Waals surface area contributed by atoms with E-state index in [1.165, 1.54) is 0 Å². The molecule has 0 amide bonds. The minimum atomic E-state index is -4.54. The van der Waals surface area contributed by atoms with Crippen LogP contribution in [-0.4, -0.2) is 23.9 Å². The van der Waals surface area contributed by atoms with Crippen molar-refractivity contribution < 1.29 is 18.3 Å². The van der Waals surface area contributed by atoms with Crippen LogP contribution in [0.3, 0.4) is 0 Å². The van der Waals surface area contributed by atoms with Gasteiger partial charge in [-0.05, 0) is 13.0 Å². The molecule has 2 nitrogen and oxygen atoms in total. The fourth-order valence-electron chi connectivity index (χ4n) is 0.786. The van der Waals surface area contributed by atoms with Gasteiger partial charge in [0.15, 0.2) is 6.10 Å². The van der Waals surface area contributed by atoms with Crippen LogP contribution >= 0.6 is 0 Å². The zero-order valence-electron chi connectivity index (χ0n) is 6.23. The highest BCUT2D eigenvalue weighted by molar-refractivity contribution is 4.74. The number of hydrogen-bond donors (Lipinski definition) is 2. The van der Waals surface area contributed by atoms with Crippen molar-refractivity contribution in [2.24, 2.45) is 11.7 Å². The molecule has 0 saturated carbocycles. The predicted octanol–water partition coefficient (Wildman–Crippen LogP) is 0.894. The van der Waals surface area contributed by atoms with Crippen molar-refractivity contribution in [3.8, 4) is 0 Å². The lowest BCUT2D eigenvalue weighted by Gasteiger charge is -2.21. The van der Waals surface area contributed by atoms with Gasteiger partial charge in [0.2, 0.25) is 0 Å². The van der Waals surface area contributed by atoms with Gasteiger partial charge in [0.1, 0.15) is 0 Å². The second-order valence-electron chi connectivity index (χ2n) is 2.39. The third-order valence-electron chi connectivity index (χ3n) is 1.61. The van der Waals surface area contributed by atoms with E-state index in [9.17, 15) is 13.2 Å². The molecule has 0 aromatic heterocycles. The lowest BCUT2D eigenvalue weighted by Crippen LogP contribution is -2.39. The van der Waals surface area contributed by atoms with Gasteiger partial charge in [-0.15, -0.1) is 0 Å². The first-order valence-corrected chi connectivity index (χ1v) is 3.38. The minimum Gasteiger partial charge on any atom is -0.383 e. The Balaban J connectivity index is 4.09. The molecule has 5 heteroatoms. The Labute approximate surface area is 63.2 Å². The summed E-state index contributed by atoms with van der Waals surface area (Å²) in [6.45, 7) is 1.42. The fourth-order valence-corrected chi connectivity index (χ4v) is 0.786. The number of alkyl halides is 3. The second-order valence-corrected chi connectivity index (χ2v) is 2.39. The van der Waals surface area contributed by atoms with E-state index in [0.29, 0.717) is 0 Å². The summed E-state index contributed by atoms with van der Waals surface area (Å²) in [5, 5.41) is 8.64. The molecule has 0 heterocycles. The van der Waals surface area contributed by atoms with Crippen LogP contribution in [0.1, 0.15) is 13.3 Å². The monoisotopic (exact) mass is 171 g/mol. The Morgan fingerprint density at radius 2 is 1.91 bits per heavy atom. The quantitative estimate of drug-likeness (QED) is 0.662. The Hall–Kier alpha value is -0.290. The van der Waals surface area contributed by atoms with Crippen LogP contribution in [0.5, 0.6) is 0 Å². The van der Waals surface area contributed by atoms with Gasteiger partial charge in [-0.25, -0.2) is 0 Å². The largest absolute Gasteiger partial charge is 0.414 e. The Morgan fingerprint density at radius 3 is 2.00 bits per heavy atom. The summed E-state index contributed by atoms with van der Waals surface area (Å²) in [7, 11) is 0. The van der Waals surface area contributed by atoms with Gasteiger partial charge >= 0.3 is 6.18 Å². The van der Waals surface area contributed by atoms with E-state index < -0.39 is 18.2 Å². The Kier molecular flexibility index (Phi) is 3.82. The van der Waals surface area contributed by atoms with E-state index in [0.717, 1.165) is 0 Å². The van der Waals surface area contributed by atoms with Gasteiger partial charge in [0, 0.05) is 5.92 Å². The molecular formula is C6H12F3NO. The van der Waals surface area contributed by atoms with Crippen molar-refractivity contribution in [2.75, 3.05) is 6.54 Å². The molecular weight excluding hydrogens is 159 g/mol. The zero-order chi connectivity index (χ0) is 9.07. The lowest BCUT2D eigenvalue weighted by molar-refractivity contribution is -0.218. The average molecular weight is 171 g/mol. The van der Waals surface area contributed by atoms with Gasteiger partial charge in [-0.2, -0.15) is 13.2 Å². The number of halogens is 3. The third kappa shape index (κ3) is 3.07. The second kappa shape index (κ2) is 3.92. The SMILES string of the molecule is CCC(CN)C(O)C(F)(F)F. The molecule has 0 bridgehead atoms. The normalized spacial score (nSPS) is 18.0. The molecule has 68 valence electrons. The smallest absolute Gasteiger partial charge is 0.383 e. The topological polar surface area (TPSA) is 46.2 Å². The van der Waals surface area contributed by atoms with Crippen molar-refractivity contribution >= 4 is 0 Å². The van der Waals surface area contributed by atoms with Crippen LogP contribution in [0.25, 0.3) is 0 Å². The summed E-state index contributed by atoms with van der Waals surface area (Å²) in [4.78, 5) is 0. The summed E-state index contributed by atoms with van der Waals surface area (Å²) < 4.78 is 35.3. The molecule has 11 heavy (non-hydrogen) atoms. The number of nitrogens with two attached hydrogens (primary N) is 1. The maximum atomic E-state index is 11.8. The molecule has 2 atom stereocenters. The van der Waals surface area contributed by atoms with Crippen LogP contribution in [-0.2, 0) is 0 Å². The third-order valence-corrected chi connectivity index (χ3v) is 1.61. The van der Waals surface area contributed by atoms with E-state index in [-0.39, 0.29) is 13.0 Å². The molecule has 0 spiro atoms. The van der Waals surface area contributed by atoms with Crippen LogP contribution in [0.2, 0.25) is 0 Å². The molecule has 0 aliphatic rings. The highest BCUT2D eigenvalue weighted by atomic mass is 19.4. The van der Waals surface area contributed by atoms with E-state index in [4.69, 9.17) is 10.8 Å². The van der Waals surface area contributed by atoms with Gasteiger partial charge in [0.05, 0.1) is 0 Å². The first-order chi connectivity index (χ1) is 4.93. The maximum absolute atomic E-state index is 11.8. The Bertz CT molecular complexity index is 111. The molecule has 3 N–H and O–H groups in total. The standard InChI is InChI=1S/C6H12F3NO/c1-2-4(3-10)5(11)6(7,8)9/h4-5,11H,2-3,10H2,1H3. The fraction of sp³-hybridized carbons (Fsp3) is 1.00. The van der Waals surface area contributed by atoms with E-state index in [1.54, 1.807) is 6.92 Å². The molecule has 0 fully saturated rings. The van der Waals surface area contributed by atoms with Gasteiger partial charge < -0.3 is 10.8 Å². The first kappa shape index (κ1) is 10.7. The summed E-state index contributed by atoms with van der Waals surface area (Å²) in [6.07, 6.45) is -6.59. The van der Waals surface area contributed by atoms with Gasteiger partial charge in [-0.1, -0.05) is 6.92 Å². The summed E-state index contributed by atoms with van der Waals surface area (Å²) in [5.41, 5.74) is 5.02.